The van der Waals surface area contributed by atoms with Crippen LogP contribution in [0.1, 0.15) is 62.3 Å². The van der Waals surface area contributed by atoms with E-state index in [0.717, 1.165) is 42.3 Å². The van der Waals surface area contributed by atoms with Crippen molar-refractivity contribution in [2.45, 2.75) is 65.6 Å². The molecular formula is C24H35N4O3+. The van der Waals surface area contributed by atoms with Gasteiger partial charge in [-0.25, -0.2) is 0 Å². The maximum atomic E-state index is 13.8. The van der Waals surface area contributed by atoms with Gasteiger partial charge in [-0.05, 0) is 58.4 Å². The lowest BCUT2D eigenvalue weighted by Gasteiger charge is -2.30. The van der Waals surface area contributed by atoms with Crippen molar-refractivity contribution in [2.75, 3.05) is 26.4 Å². The molecule has 0 saturated carbocycles. The second-order valence-corrected chi connectivity index (χ2v) is 9.73. The average molecular weight is 428 g/mol. The van der Waals surface area contributed by atoms with Crippen molar-refractivity contribution in [1.29, 1.82) is 0 Å². The summed E-state index contributed by atoms with van der Waals surface area (Å²) in [5.74, 6) is 1.55. The molecule has 2 aliphatic rings. The number of amides is 1. The van der Waals surface area contributed by atoms with Gasteiger partial charge in [-0.15, -0.1) is 0 Å². The number of benzene rings is 1. The third kappa shape index (κ3) is 4.56. The Kier molecular flexibility index (Phi) is 5.97. The lowest BCUT2D eigenvalue weighted by atomic mass is 10.1. The maximum absolute atomic E-state index is 13.8. The normalized spacial score (nSPS) is 20.3. The van der Waals surface area contributed by atoms with E-state index in [1.807, 2.05) is 40.8 Å². The predicted molar refractivity (Wildman–Crippen MR) is 119 cm³/mol. The van der Waals surface area contributed by atoms with Gasteiger partial charge in [-0.1, -0.05) is 6.07 Å². The molecule has 0 radical (unpaired) electrons. The molecule has 2 aromatic rings. The van der Waals surface area contributed by atoms with E-state index in [2.05, 4.69) is 32.8 Å². The van der Waals surface area contributed by atoms with Crippen molar-refractivity contribution in [3.8, 4) is 11.5 Å². The lowest BCUT2D eigenvalue weighted by Crippen LogP contribution is -3.14. The number of carbonyl (C=O) groups is 1. The zero-order valence-electron chi connectivity index (χ0n) is 19.4. The van der Waals surface area contributed by atoms with Crippen LogP contribution in [0, 0.1) is 6.92 Å². The summed E-state index contributed by atoms with van der Waals surface area (Å²) in [4.78, 5) is 17.4. The number of nitrogens with zero attached hydrogens (tertiary/aromatic N) is 3. The molecule has 1 fully saturated rings. The smallest absolute Gasteiger partial charge is 0.272 e. The van der Waals surface area contributed by atoms with E-state index in [0.29, 0.717) is 18.3 Å². The Labute approximate surface area is 184 Å². The second-order valence-electron chi connectivity index (χ2n) is 9.73. The minimum atomic E-state index is -0.266. The van der Waals surface area contributed by atoms with Crippen LogP contribution in [0.4, 0.5) is 0 Å². The number of fused-ring (bicyclic) bond motifs is 1. The highest BCUT2D eigenvalue weighted by Crippen LogP contribution is 2.33. The summed E-state index contributed by atoms with van der Waals surface area (Å²) < 4.78 is 12.9. The Balaban J connectivity index is 1.64. The number of likely N-dealkylation sites (N-methyl/N-ethyl adjacent to an activating group) is 1. The standard InChI is InChI=1S/C24H34N4O3/c1-6-26-11-7-8-19(26)15-27(14-18-9-10-21-22(13-18)31-16-30-21)23(29)20-12-17(2)25-28(20)24(3,4)5/h9-10,12-13,19H,6-8,11,14-16H2,1-5H3/p+1/t19-/m1/s1. The Morgan fingerprint density at radius 2 is 2.03 bits per heavy atom. The topological polar surface area (TPSA) is 61.0 Å². The summed E-state index contributed by atoms with van der Waals surface area (Å²) >= 11 is 0. The van der Waals surface area contributed by atoms with Gasteiger partial charge in [0, 0.05) is 19.4 Å². The first kappa shape index (κ1) is 21.7. The van der Waals surface area contributed by atoms with E-state index in [1.165, 1.54) is 13.0 Å². The van der Waals surface area contributed by atoms with E-state index < -0.39 is 0 Å². The Bertz CT molecular complexity index is 947. The average Bonchev–Trinajstić information content (AvgIpc) is 3.45. The number of hydrogen-bond donors (Lipinski definition) is 1. The minimum Gasteiger partial charge on any atom is -0.454 e. The van der Waals surface area contributed by atoms with E-state index >= 15 is 0 Å². The molecule has 1 N–H and O–H groups in total. The van der Waals surface area contributed by atoms with Crippen LogP contribution in [0.3, 0.4) is 0 Å². The molecule has 31 heavy (non-hydrogen) atoms. The largest absolute Gasteiger partial charge is 0.454 e. The molecule has 0 aliphatic carbocycles. The Hall–Kier alpha value is -2.54. The highest BCUT2D eigenvalue weighted by Gasteiger charge is 2.33. The van der Waals surface area contributed by atoms with Gasteiger partial charge in [0.05, 0.1) is 30.9 Å². The SMILES string of the molecule is CC[NH+]1CCC[C@@H]1CN(Cc1ccc2c(c1)OCO2)C(=O)c1cc(C)nn1C(C)(C)C. The third-order valence-electron chi connectivity index (χ3n) is 6.31. The fraction of sp³-hybridized carbons (Fsp3) is 0.583. The first-order valence-electron chi connectivity index (χ1n) is 11.4. The van der Waals surface area contributed by atoms with Gasteiger partial charge in [0.1, 0.15) is 11.7 Å². The number of aromatic nitrogens is 2. The number of likely N-dealkylation sites (tertiary alicyclic amines) is 1. The lowest BCUT2D eigenvalue weighted by molar-refractivity contribution is -0.909. The van der Waals surface area contributed by atoms with Gasteiger partial charge >= 0.3 is 0 Å². The zero-order valence-corrected chi connectivity index (χ0v) is 19.4. The number of rotatable bonds is 6. The van der Waals surface area contributed by atoms with Crippen molar-refractivity contribution in [1.82, 2.24) is 14.7 Å². The van der Waals surface area contributed by atoms with Gasteiger partial charge in [0.15, 0.2) is 11.5 Å². The van der Waals surface area contributed by atoms with Crippen LogP contribution in [0.25, 0.3) is 0 Å². The third-order valence-corrected chi connectivity index (χ3v) is 6.31. The van der Waals surface area contributed by atoms with Crippen LogP contribution >= 0.6 is 0 Å². The maximum Gasteiger partial charge on any atom is 0.272 e. The molecule has 2 aliphatic heterocycles. The number of carbonyl (C=O) groups excluding carboxylic acids is 1. The van der Waals surface area contributed by atoms with E-state index in [1.54, 1.807) is 4.90 Å². The highest BCUT2D eigenvalue weighted by molar-refractivity contribution is 5.93. The van der Waals surface area contributed by atoms with E-state index in [9.17, 15) is 4.79 Å². The summed E-state index contributed by atoms with van der Waals surface area (Å²) in [5, 5.41) is 4.63. The molecular weight excluding hydrogens is 392 g/mol. The summed E-state index contributed by atoms with van der Waals surface area (Å²) in [6.07, 6.45) is 2.38. The summed E-state index contributed by atoms with van der Waals surface area (Å²) in [5.41, 5.74) is 2.30. The minimum absolute atomic E-state index is 0.0375. The Morgan fingerprint density at radius 1 is 1.26 bits per heavy atom. The molecule has 7 heteroatoms. The number of nitrogens with one attached hydrogen (secondary N) is 1. The van der Waals surface area contributed by atoms with Crippen LogP contribution < -0.4 is 14.4 Å². The second kappa shape index (κ2) is 8.54. The fourth-order valence-electron chi connectivity index (χ4n) is 4.74. The van der Waals surface area contributed by atoms with Crippen molar-refractivity contribution >= 4 is 5.91 Å². The molecule has 1 unspecified atom stereocenters. The van der Waals surface area contributed by atoms with Crippen molar-refractivity contribution in [2.24, 2.45) is 0 Å². The number of ether oxygens (including phenoxy) is 2. The Morgan fingerprint density at radius 3 is 2.77 bits per heavy atom. The van der Waals surface area contributed by atoms with Crippen LogP contribution in [0.5, 0.6) is 11.5 Å². The molecule has 1 saturated heterocycles. The molecule has 1 aromatic heterocycles. The number of hydrogen-bond acceptors (Lipinski definition) is 4. The summed E-state index contributed by atoms with van der Waals surface area (Å²) in [7, 11) is 0. The van der Waals surface area contributed by atoms with E-state index in [-0.39, 0.29) is 18.2 Å². The highest BCUT2D eigenvalue weighted by atomic mass is 16.7. The van der Waals surface area contributed by atoms with Gasteiger partial charge in [0.2, 0.25) is 6.79 Å². The molecule has 0 bridgehead atoms. The van der Waals surface area contributed by atoms with Crippen LogP contribution in [-0.2, 0) is 12.1 Å². The van der Waals surface area contributed by atoms with Crippen molar-refractivity contribution in [3.63, 3.8) is 0 Å². The van der Waals surface area contributed by atoms with Crippen molar-refractivity contribution in [3.05, 3.63) is 41.2 Å². The number of aryl methyl sites for hydroxylation is 1. The molecule has 168 valence electrons. The van der Waals surface area contributed by atoms with Gasteiger partial charge in [-0.2, -0.15) is 5.10 Å². The molecule has 4 rings (SSSR count). The predicted octanol–water partition coefficient (Wildman–Crippen LogP) is 2.38. The zero-order chi connectivity index (χ0) is 22.2. The van der Waals surface area contributed by atoms with Crippen LogP contribution in [0.2, 0.25) is 0 Å². The molecule has 2 atom stereocenters. The molecule has 7 nitrogen and oxygen atoms in total. The quantitative estimate of drug-likeness (QED) is 0.769. The first-order chi connectivity index (χ1) is 14.8. The van der Waals surface area contributed by atoms with Crippen LogP contribution in [0.15, 0.2) is 24.3 Å². The number of quaternary nitrogens is 1. The molecule has 1 amide bonds. The first-order valence-corrected chi connectivity index (χ1v) is 11.4. The summed E-state index contributed by atoms with van der Waals surface area (Å²) in [6, 6.07) is 8.34. The molecule has 1 aromatic carbocycles. The monoisotopic (exact) mass is 427 g/mol. The van der Waals surface area contributed by atoms with Gasteiger partial charge in [-0.3, -0.25) is 9.48 Å². The van der Waals surface area contributed by atoms with E-state index in [4.69, 9.17) is 9.47 Å². The van der Waals surface area contributed by atoms with Crippen molar-refractivity contribution < 1.29 is 19.2 Å². The van der Waals surface area contributed by atoms with Gasteiger partial charge < -0.3 is 19.3 Å². The van der Waals surface area contributed by atoms with Gasteiger partial charge in [0.25, 0.3) is 5.91 Å². The molecule has 0 spiro atoms. The molecule has 3 heterocycles. The fourth-order valence-corrected chi connectivity index (χ4v) is 4.74. The summed E-state index contributed by atoms with van der Waals surface area (Å²) in [6.45, 7) is 14.2. The van der Waals surface area contributed by atoms with Crippen LogP contribution in [-0.4, -0.2) is 53.1 Å².